The summed E-state index contributed by atoms with van der Waals surface area (Å²) in [4.78, 5) is 2.24. The summed E-state index contributed by atoms with van der Waals surface area (Å²) in [5.74, 6) is 0.927. The third-order valence-electron chi connectivity index (χ3n) is 3.41. The van der Waals surface area contributed by atoms with Crippen LogP contribution in [0.2, 0.25) is 5.02 Å². The first-order chi connectivity index (χ1) is 8.13. The van der Waals surface area contributed by atoms with Crippen LogP contribution in [0.1, 0.15) is 13.3 Å². The van der Waals surface area contributed by atoms with Gasteiger partial charge in [0.05, 0.1) is 11.7 Å². The lowest BCUT2D eigenvalue weighted by Gasteiger charge is -2.40. The summed E-state index contributed by atoms with van der Waals surface area (Å²) < 4.78 is 6.03. The zero-order valence-corrected chi connectivity index (χ0v) is 11.3. The van der Waals surface area contributed by atoms with E-state index in [1.165, 1.54) is 0 Å². The third kappa shape index (κ3) is 2.50. The molecule has 2 atom stereocenters. The summed E-state index contributed by atoms with van der Waals surface area (Å²) in [6.45, 7) is 3.15. The van der Waals surface area contributed by atoms with Crippen LogP contribution in [-0.4, -0.2) is 32.8 Å². The summed E-state index contributed by atoms with van der Waals surface area (Å²) in [7, 11) is 4.06. The van der Waals surface area contributed by atoms with Crippen LogP contribution < -0.4 is 15.0 Å². The highest BCUT2D eigenvalue weighted by Gasteiger charge is 2.30. The molecule has 1 aromatic carbocycles. The van der Waals surface area contributed by atoms with E-state index < -0.39 is 0 Å². The third-order valence-corrected chi connectivity index (χ3v) is 3.64. The predicted octanol–water partition coefficient (Wildman–Crippen LogP) is 2.54. The van der Waals surface area contributed by atoms with Crippen molar-refractivity contribution in [1.29, 1.82) is 0 Å². The number of rotatable bonds is 3. The van der Waals surface area contributed by atoms with Gasteiger partial charge in [-0.15, -0.1) is 0 Å². The van der Waals surface area contributed by atoms with Crippen molar-refractivity contribution in [2.75, 3.05) is 25.5 Å². The van der Waals surface area contributed by atoms with E-state index in [0.717, 1.165) is 29.4 Å². The molecule has 17 heavy (non-hydrogen) atoms. The first-order valence-corrected chi connectivity index (χ1v) is 6.35. The van der Waals surface area contributed by atoms with Gasteiger partial charge in [-0.05, 0) is 45.1 Å². The molecule has 1 aromatic rings. The van der Waals surface area contributed by atoms with E-state index in [1.807, 2.05) is 25.2 Å². The van der Waals surface area contributed by atoms with Gasteiger partial charge in [-0.25, -0.2) is 0 Å². The number of hydrogen-bond donors (Lipinski definition) is 1. The Morgan fingerprint density at radius 2 is 2.24 bits per heavy atom. The topological polar surface area (TPSA) is 24.5 Å². The molecule has 1 aliphatic heterocycles. The first kappa shape index (κ1) is 12.5. The van der Waals surface area contributed by atoms with E-state index in [1.54, 1.807) is 0 Å². The Morgan fingerprint density at radius 3 is 2.94 bits per heavy atom. The van der Waals surface area contributed by atoms with Crippen LogP contribution in [0.3, 0.4) is 0 Å². The molecule has 0 spiro atoms. The number of hydrogen-bond acceptors (Lipinski definition) is 3. The number of anilines is 1. The van der Waals surface area contributed by atoms with Crippen LogP contribution >= 0.6 is 11.6 Å². The minimum atomic E-state index is 0.223. The average Bonchev–Trinajstić information content (AvgIpc) is 2.33. The highest BCUT2D eigenvalue weighted by atomic mass is 35.5. The molecule has 1 aliphatic rings. The lowest BCUT2D eigenvalue weighted by atomic mass is 10.0. The largest absolute Gasteiger partial charge is 0.486 e. The Labute approximate surface area is 108 Å². The molecule has 0 radical (unpaired) electrons. The Balaban J connectivity index is 2.22. The molecule has 0 fully saturated rings. The fraction of sp³-hybridized carbons (Fsp3) is 0.538. The molecular formula is C13H19ClN2O. The number of likely N-dealkylation sites (N-methyl/N-ethyl adjacent to an activating group) is 1. The van der Waals surface area contributed by atoms with Gasteiger partial charge in [0.1, 0.15) is 11.9 Å². The normalized spacial score (nSPS) is 23.2. The minimum absolute atomic E-state index is 0.223. The second-order valence-electron chi connectivity index (χ2n) is 4.51. The van der Waals surface area contributed by atoms with E-state index in [0.29, 0.717) is 6.04 Å². The molecule has 0 amide bonds. The van der Waals surface area contributed by atoms with Crippen molar-refractivity contribution >= 4 is 17.3 Å². The van der Waals surface area contributed by atoms with Crippen molar-refractivity contribution in [2.45, 2.75) is 25.5 Å². The Kier molecular flexibility index (Phi) is 3.79. The smallest absolute Gasteiger partial charge is 0.143 e. The van der Waals surface area contributed by atoms with Gasteiger partial charge in [-0.1, -0.05) is 11.6 Å². The maximum absolute atomic E-state index is 6.03. The van der Waals surface area contributed by atoms with Crippen molar-refractivity contribution in [3.05, 3.63) is 23.2 Å². The summed E-state index contributed by atoms with van der Waals surface area (Å²) >= 11 is 6.02. The number of nitrogens with one attached hydrogen (secondary N) is 1. The molecule has 0 aromatic heterocycles. The molecule has 94 valence electrons. The number of benzene rings is 1. The van der Waals surface area contributed by atoms with Gasteiger partial charge in [-0.3, -0.25) is 0 Å². The molecule has 2 rings (SSSR count). The van der Waals surface area contributed by atoms with Gasteiger partial charge in [-0.2, -0.15) is 0 Å². The van der Waals surface area contributed by atoms with E-state index in [9.17, 15) is 0 Å². The fourth-order valence-corrected chi connectivity index (χ4v) is 2.35. The van der Waals surface area contributed by atoms with Crippen molar-refractivity contribution < 1.29 is 4.74 Å². The van der Waals surface area contributed by atoms with Crippen LogP contribution in [0, 0.1) is 0 Å². The average molecular weight is 255 g/mol. The molecule has 0 saturated heterocycles. The van der Waals surface area contributed by atoms with E-state index in [2.05, 4.69) is 24.2 Å². The highest BCUT2D eigenvalue weighted by molar-refractivity contribution is 6.30. The van der Waals surface area contributed by atoms with Crippen LogP contribution in [0.4, 0.5) is 5.69 Å². The Bertz CT molecular complexity index is 397. The molecule has 4 heteroatoms. The molecule has 1 N–H and O–H groups in total. The maximum Gasteiger partial charge on any atom is 0.143 e. The standard InChI is InChI=1S/C13H19ClN2O/c1-9-12(6-7-15-2)17-13-5-4-10(14)8-11(13)16(9)3/h4-5,8-9,12,15H,6-7H2,1-3H3. The van der Waals surface area contributed by atoms with E-state index >= 15 is 0 Å². The lowest BCUT2D eigenvalue weighted by molar-refractivity contribution is 0.152. The van der Waals surface area contributed by atoms with Crippen molar-refractivity contribution in [3.8, 4) is 5.75 Å². The zero-order valence-electron chi connectivity index (χ0n) is 10.5. The van der Waals surface area contributed by atoms with Gasteiger partial charge in [0, 0.05) is 12.1 Å². The molecule has 1 heterocycles. The number of halogens is 1. The zero-order chi connectivity index (χ0) is 12.4. The SMILES string of the molecule is CNCCC1Oc2ccc(Cl)cc2N(C)C1C. The van der Waals surface area contributed by atoms with E-state index in [-0.39, 0.29) is 6.10 Å². The summed E-state index contributed by atoms with van der Waals surface area (Å²) in [5.41, 5.74) is 1.07. The maximum atomic E-state index is 6.03. The molecule has 0 aliphatic carbocycles. The quantitative estimate of drug-likeness (QED) is 0.897. The Morgan fingerprint density at radius 1 is 1.47 bits per heavy atom. The van der Waals surface area contributed by atoms with E-state index in [4.69, 9.17) is 16.3 Å². The molecule has 2 unspecified atom stereocenters. The van der Waals surface area contributed by atoms with Crippen molar-refractivity contribution in [3.63, 3.8) is 0 Å². The molecule has 3 nitrogen and oxygen atoms in total. The highest BCUT2D eigenvalue weighted by Crippen LogP contribution is 2.37. The van der Waals surface area contributed by atoms with Gasteiger partial charge < -0.3 is 15.0 Å². The van der Waals surface area contributed by atoms with Crippen LogP contribution in [-0.2, 0) is 0 Å². The summed E-state index contributed by atoms with van der Waals surface area (Å²) in [6.07, 6.45) is 1.23. The Hall–Kier alpha value is -0.930. The lowest BCUT2D eigenvalue weighted by Crippen LogP contribution is -2.46. The van der Waals surface area contributed by atoms with Crippen LogP contribution in [0.25, 0.3) is 0 Å². The van der Waals surface area contributed by atoms with Gasteiger partial charge in [0.25, 0.3) is 0 Å². The number of fused-ring (bicyclic) bond motifs is 1. The second kappa shape index (κ2) is 5.15. The second-order valence-corrected chi connectivity index (χ2v) is 4.95. The monoisotopic (exact) mass is 254 g/mol. The first-order valence-electron chi connectivity index (χ1n) is 5.97. The minimum Gasteiger partial charge on any atom is -0.486 e. The predicted molar refractivity (Wildman–Crippen MR) is 72.3 cm³/mol. The van der Waals surface area contributed by atoms with Gasteiger partial charge >= 0.3 is 0 Å². The number of ether oxygens (including phenoxy) is 1. The summed E-state index contributed by atoms with van der Waals surface area (Å²) in [6, 6.07) is 6.14. The molecule has 0 saturated carbocycles. The molecular weight excluding hydrogens is 236 g/mol. The fourth-order valence-electron chi connectivity index (χ4n) is 2.18. The molecule has 0 bridgehead atoms. The number of nitrogens with zero attached hydrogens (tertiary/aromatic N) is 1. The van der Waals surface area contributed by atoms with Crippen LogP contribution in [0.5, 0.6) is 5.75 Å². The summed E-state index contributed by atoms with van der Waals surface area (Å²) in [5, 5.41) is 3.91. The van der Waals surface area contributed by atoms with Gasteiger partial charge in [0.2, 0.25) is 0 Å². The van der Waals surface area contributed by atoms with Gasteiger partial charge in [0.15, 0.2) is 0 Å². The van der Waals surface area contributed by atoms with Crippen LogP contribution in [0.15, 0.2) is 18.2 Å². The van der Waals surface area contributed by atoms with Crippen molar-refractivity contribution in [1.82, 2.24) is 5.32 Å². The van der Waals surface area contributed by atoms with Crippen molar-refractivity contribution in [2.24, 2.45) is 0 Å².